The zero-order chi connectivity index (χ0) is 11.6. The monoisotopic (exact) mass is 225 g/mol. The number of hydrogen-bond acceptors (Lipinski definition) is 3. The number of benzene rings is 1. The van der Waals surface area contributed by atoms with E-state index in [0.717, 1.165) is 12.8 Å². The molecule has 0 aromatic heterocycles. The minimum Gasteiger partial charge on any atom is -0.394 e. The molecule has 0 saturated heterocycles. The summed E-state index contributed by atoms with van der Waals surface area (Å²) in [4.78, 5) is 0. The molecule has 0 aliphatic heterocycles. The highest BCUT2D eigenvalue weighted by Crippen LogP contribution is 2.34. The van der Waals surface area contributed by atoms with Gasteiger partial charge in [0.15, 0.2) is 0 Å². The first-order valence-corrected chi connectivity index (χ1v) is 5.45. The highest BCUT2D eigenvalue weighted by molar-refractivity contribution is 5.19. The van der Waals surface area contributed by atoms with E-state index in [9.17, 15) is 9.50 Å². The van der Waals surface area contributed by atoms with Gasteiger partial charge in [-0.3, -0.25) is 0 Å². The Morgan fingerprint density at radius 3 is 2.44 bits per heavy atom. The molecular formula is C12H16FNO2. The minimum atomic E-state index is -0.662. The first-order chi connectivity index (χ1) is 7.65. The Morgan fingerprint density at radius 1 is 1.31 bits per heavy atom. The summed E-state index contributed by atoms with van der Waals surface area (Å²) in [7, 11) is 0. The average Bonchev–Trinajstić information content (AvgIpc) is 3.08. The van der Waals surface area contributed by atoms with Crippen molar-refractivity contribution in [3.8, 4) is 0 Å². The molecule has 0 spiro atoms. The topological polar surface area (TPSA) is 52.5 Å². The van der Waals surface area contributed by atoms with Gasteiger partial charge in [0.25, 0.3) is 0 Å². The normalized spacial score (nSPS) is 19.4. The van der Waals surface area contributed by atoms with Gasteiger partial charge in [0.05, 0.1) is 12.7 Å². The summed E-state index contributed by atoms with van der Waals surface area (Å²) in [6.45, 7) is 0.481. The molecule has 16 heavy (non-hydrogen) atoms. The molecule has 0 bridgehead atoms. The number of halogens is 1. The van der Waals surface area contributed by atoms with Crippen molar-refractivity contribution in [3.63, 3.8) is 0 Å². The van der Waals surface area contributed by atoms with Gasteiger partial charge in [-0.05, 0) is 30.5 Å². The average molecular weight is 225 g/mol. The molecule has 0 heterocycles. The second-order valence-corrected chi connectivity index (χ2v) is 4.39. The molecule has 1 aromatic rings. The second kappa shape index (κ2) is 4.49. The molecule has 88 valence electrons. The SMILES string of the molecule is OCC1(NCC(O)c2ccc(F)cc2)CC1. The maximum absolute atomic E-state index is 12.7. The Bertz CT molecular complexity index is 349. The van der Waals surface area contributed by atoms with Crippen LogP contribution in [0.4, 0.5) is 4.39 Å². The molecule has 1 aliphatic carbocycles. The highest BCUT2D eigenvalue weighted by Gasteiger charge is 2.41. The van der Waals surface area contributed by atoms with Crippen molar-refractivity contribution in [2.75, 3.05) is 13.2 Å². The molecule has 1 aliphatic rings. The Labute approximate surface area is 93.9 Å². The first-order valence-electron chi connectivity index (χ1n) is 5.45. The number of aliphatic hydroxyl groups is 2. The molecular weight excluding hydrogens is 209 g/mol. The summed E-state index contributed by atoms with van der Waals surface area (Å²) < 4.78 is 12.7. The van der Waals surface area contributed by atoms with Crippen molar-refractivity contribution in [3.05, 3.63) is 35.6 Å². The zero-order valence-corrected chi connectivity index (χ0v) is 8.99. The summed E-state index contributed by atoms with van der Waals surface area (Å²) >= 11 is 0. The van der Waals surface area contributed by atoms with Crippen LogP contribution in [-0.4, -0.2) is 28.9 Å². The largest absolute Gasteiger partial charge is 0.394 e. The number of nitrogens with one attached hydrogen (secondary N) is 1. The van der Waals surface area contributed by atoms with E-state index in [2.05, 4.69) is 5.32 Å². The Kier molecular flexibility index (Phi) is 3.23. The van der Waals surface area contributed by atoms with Crippen LogP contribution < -0.4 is 5.32 Å². The van der Waals surface area contributed by atoms with E-state index in [1.807, 2.05) is 0 Å². The van der Waals surface area contributed by atoms with Crippen molar-refractivity contribution < 1.29 is 14.6 Å². The molecule has 1 aromatic carbocycles. The van der Waals surface area contributed by atoms with Crippen molar-refractivity contribution >= 4 is 0 Å². The van der Waals surface area contributed by atoms with Gasteiger partial charge in [-0.25, -0.2) is 4.39 Å². The van der Waals surface area contributed by atoms with Crippen LogP contribution >= 0.6 is 0 Å². The molecule has 3 nitrogen and oxygen atoms in total. The molecule has 3 N–H and O–H groups in total. The van der Waals surface area contributed by atoms with Crippen LogP contribution in [0, 0.1) is 5.82 Å². The second-order valence-electron chi connectivity index (χ2n) is 4.39. The van der Waals surface area contributed by atoms with Crippen LogP contribution in [0.1, 0.15) is 24.5 Å². The van der Waals surface area contributed by atoms with Gasteiger partial charge in [0.2, 0.25) is 0 Å². The number of β-amino-alcohol motifs (C(OH)–C–C–N with tert-alkyl or cyclic N) is 1. The predicted octanol–water partition coefficient (Wildman–Crippen LogP) is 0.974. The van der Waals surface area contributed by atoms with E-state index in [1.165, 1.54) is 12.1 Å². The van der Waals surface area contributed by atoms with Crippen molar-refractivity contribution in [1.29, 1.82) is 0 Å². The van der Waals surface area contributed by atoms with Crippen molar-refractivity contribution in [2.24, 2.45) is 0 Å². The summed E-state index contributed by atoms with van der Waals surface area (Å²) in [5, 5.41) is 22.1. The van der Waals surface area contributed by atoms with Crippen LogP contribution in [0.5, 0.6) is 0 Å². The van der Waals surface area contributed by atoms with Gasteiger partial charge in [-0.1, -0.05) is 12.1 Å². The van der Waals surface area contributed by atoms with Gasteiger partial charge in [-0.15, -0.1) is 0 Å². The van der Waals surface area contributed by atoms with E-state index in [0.29, 0.717) is 12.1 Å². The van der Waals surface area contributed by atoms with Crippen molar-refractivity contribution in [1.82, 2.24) is 5.32 Å². The van der Waals surface area contributed by atoms with Gasteiger partial charge >= 0.3 is 0 Å². The summed E-state index contributed by atoms with van der Waals surface area (Å²) in [5.74, 6) is -0.307. The fraction of sp³-hybridized carbons (Fsp3) is 0.500. The van der Waals surface area contributed by atoms with Crippen LogP contribution in [0.3, 0.4) is 0 Å². The Hall–Kier alpha value is -0.970. The van der Waals surface area contributed by atoms with Crippen molar-refractivity contribution in [2.45, 2.75) is 24.5 Å². The fourth-order valence-electron chi connectivity index (χ4n) is 1.66. The molecule has 1 fully saturated rings. The molecule has 2 rings (SSSR count). The summed E-state index contributed by atoms with van der Waals surface area (Å²) in [6.07, 6.45) is 1.23. The third-order valence-electron chi connectivity index (χ3n) is 3.08. The van der Waals surface area contributed by atoms with E-state index >= 15 is 0 Å². The molecule has 1 saturated carbocycles. The van der Waals surface area contributed by atoms with Gasteiger partial charge in [-0.2, -0.15) is 0 Å². The van der Waals surface area contributed by atoms with E-state index in [1.54, 1.807) is 12.1 Å². The molecule has 1 atom stereocenters. The summed E-state index contributed by atoms with van der Waals surface area (Å²) in [6, 6.07) is 5.80. The van der Waals surface area contributed by atoms with E-state index in [-0.39, 0.29) is 18.0 Å². The highest BCUT2D eigenvalue weighted by atomic mass is 19.1. The van der Waals surface area contributed by atoms with Crippen LogP contribution in [-0.2, 0) is 0 Å². The molecule has 0 amide bonds. The summed E-state index contributed by atoms with van der Waals surface area (Å²) in [5.41, 5.74) is 0.503. The number of hydrogen-bond donors (Lipinski definition) is 3. The zero-order valence-electron chi connectivity index (χ0n) is 8.99. The number of aliphatic hydroxyl groups excluding tert-OH is 2. The van der Waals surface area contributed by atoms with Gasteiger partial charge < -0.3 is 15.5 Å². The predicted molar refractivity (Wildman–Crippen MR) is 58.4 cm³/mol. The molecule has 4 heteroatoms. The van der Waals surface area contributed by atoms with Gasteiger partial charge in [0.1, 0.15) is 5.82 Å². The minimum absolute atomic E-state index is 0.100. The van der Waals surface area contributed by atoms with E-state index < -0.39 is 6.10 Å². The number of rotatable bonds is 5. The Morgan fingerprint density at radius 2 is 1.94 bits per heavy atom. The smallest absolute Gasteiger partial charge is 0.123 e. The maximum atomic E-state index is 12.7. The lowest BCUT2D eigenvalue weighted by Gasteiger charge is -2.18. The third kappa shape index (κ3) is 2.58. The van der Waals surface area contributed by atoms with Crippen LogP contribution in [0.2, 0.25) is 0 Å². The van der Waals surface area contributed by atoms with Crippen LogP contribution in [0.25, 0.3) is 0 Å². The van der Waals surface area contributed by atoms with Gasteiger partial charge in [0, 0.05) is 12.1 Å². The first kappa shape index (κ1) is 11.5. The lowest BCUT2D eigenvalue weighted by atomic mass is 10.1. The lowest BCUT2D eigenvalue weighted by Crippen LogP contribution is -2.37. The fourth-order valence-corrected chi connectivity index (χ4v) is 1.66. The quantitative estimate of drug-likeness (QED) is 0.700. The Balaban J connectivity index is 1.88. The molecule has 1 unspecified atom stereocenters. The standard InChI is InChI=1S/C12H16FNO2/c13-10-3-1-9(2-4-10)11(16)7-14-12(8-15)5-6-12/h1-4,11,14-16H,5-8H2. The third-order valence-corrected chi connectivity index (χ3v) is 3.08. The molecule has 0 radical (unpaired) electrons. The lowest BCUT2D eigenvalue weighted by molar-refractivity contribution is 0.154. The van der Waals surface area contributed by atoms with Crippen LogP contribution in [0.15, 0.2) is 24.3 Å². The van der Waals surface area contributed by atoms with E-state index in [4.69, 9.17) is 5.11 Å². The maximum Gasteiger partial charge on any atom is 0.123 e.